The Morgan fingerprint density at radius 1 is 1.12 bits per heavy atom. The second kappa shape index (κ2) is 7.59. The van der Waals surface area contributed by atoms with Gasteiger partial charge in [0.25, 0.3) is 0 Å². The molecule has 0 aliphatic carbocycles. The summed E-state index contributed by atoms with van der Waals surface area (Å²) in [5, 5.41) is 5.61. The number of amides is 2. The Balaban J connectivity index is 1.50. The summed E-state index contributed by atoms with van der Waals surface area (Å²) in [6.07, 6.45) is 0.704. The van der Waals surface area contributed by atoms with Crippen LogP contribution in [-0.4, -0.2) is 32.9 Å². The molecule has 2 amide bonds. The van der Waals surface area contributed by atoms with Crippen molar-refractivity contribution >= 4 is 11.7 Å². The lowest BCUT2D eigenvalue weighted by Gasteiger charge is -2.19. The molecule has 24 heavy (non-hydrogen) atoms. The van der Waals surface area contributed by atoms with E-state index < -0.39 is 0 Å². The van der Waals surface area contributed by atoms with Gasteiger partial charge < -0.3 is 24.8 Å². The Morgan fingerprint density at radius 3 is 2.75 bits per heavy atom. The highest BCUT2D eigenvalue weighted by Crippen LogP contribution is 2.30. The first-order valence-electron chi connectivity index (χ1n) is 7.82. The monoisotopic (exact) mass is 328 g/mol. The van der Waals surface area contributed by atoms with E-state index in [2.05, 4.69) is 10.6 Å². The van der Waals surface area contributed by atoms with E-state index in [1.807, 2.05) is 30.3 Å². The van der Waals surface area contributed by atoms with Crippen LogP contribution in [0.3, 0.4) is 0 Å². The molecule has 3 rings (SSSR count). The topological polar surface area (TPSA) is 68.8 Å². The Labute approximate surface area is 140 Å². The Bertz CT molecular complexity index is 718. The molecular formula is C18H20N2O4. The summed E-state index contributed by atoms with van der Waals surface area (Å²) in [4.78, 5) is 12.0. The van der Waals surface area contributed by atoms with Gasteiger partial charge in [-0.2, -0.15) is 0 Å². The fourth-order valence-electron chi connectivity index (χ4n) is 2.48. The maximum atomic E-state index is 12.0. The fourth-order valence-corrected chi connectivity index (χ4v) is 2.48. The van der Waals surface area contributed by atoms with E-state index in [1.54, 1.807) is 19.2 Å². The van der Waals surface area contributed by atoms with Crippen LogP contribution in [0.4, 0.5) is 10.5 Å². The molecule has 6 heteroatoms. The van der Waals surface area contributed by atoms with Crippen LogP contribution in [0.15, 0.2) is 42.5 Å². The molecule has 0 aromatic heterocycles. The molecule has 0 spiro atoms. The van der Waals surface area contributed by atoms with Crippen molar-refractivity contribution in [2.24, 2.45) is 0 Å². The van der Waals surface area contributed by atoms with Gasteiger partial charge in [0.15, 0.2) is 11.5 Å². The summed E-state index contributed by atoms with van der Waals surface area (Å²) in [7, 11) is 1.57. The maximum absolute atomic E-state index is 12.0. The quantitative estimate of drug-likeness (QED) is 0.885. The van der Waals surface area contributed by atoms with E-state index in [0.29, 0.717) is 37.6 Å². The molecule has 1 heterocycles. The van der Waals surface area contributed by atoms with E-state index in [4.69, 9.17) is 14.2 Å². The number of hydrogen-bond donors (Lipinski definition) is 2. The van der Waals surface area contributed by atoms with Gasteiger partial charge in [-0.15, -0.1) is 0 Å². The largest absolute Gasteiger partial charge is 0.495 e. The molecule has 2 aromatic carbocycles. The number of ether oxygens (including phenoxy) is 3. The van der Waals surface area contributed by atoms with Crippen molar-refractivity contribution < 1.29 is 19.0 Å². The van der Waals surface area contributed by atoms with E-state index in [-0.39, 0.29) is 6.03 Å². The number of benzene rings is 2. The van der Waals surface area contributed by atoms with Gasteiger partial charge in [-0.1, -0.05) is 18.2 Å². The molecule has 1 aliphatic rings. The number of para-hydroxylation sites is 2. The molecule has 0 bridgehead atoms. The summed E-state index contributed by atoms with van der Waals surface area (Å²) in [6, 6.07) is 12.8. The molecule has 0 saturated heterocycles. The summed E-state index contributed by atoms with van der Waals surface area (Å²) in [5.41, 5.74) is 1.72. The zero-order valence-corrected chi connectivity index (χ0v) is 13.5. The van der Waals surface area contributed by atoms with E-state index in [9.17, 15) is 4.79 Å². The normalized spacial score (nSPS) is 12.4. The van der Waals surface area contributed by atoms with Gasteiger partial charge in [0.05, 0.1) is 12.8 Å². The van der Waals surface area contributed by atoms with E-state index >= 15 is 0 Å². The molecular weight excluding hydrogens is 308 g/mol. The molecule has 126 valence electrons. The van der Waals surface area contributed by atoms with Crippen molar-refractivity contribution in [1.29, 1.82) is 0 Å². The second-order valence-corrected chi connectivity index (χ2v) is 5.31. The highest BCUT2D eigenvalue weighted by atomic mass is 16.6. The van der Waals surface area contributed by atoms with Gasteiger partial charge in [0, 0.05) is 6.54 Å². The Kier molecular flexibility index (Phi) is 5.05. The smallest absolute Gasteiger partial charge is 0.319 e. The van der Waals surface area contributed by atoms with E-state index in [1.165, 1.54) is 0 Å². The minimum Gasteiger partial charge on any atom is -0.495 e. The van der Waals surface area contributed by atoms with Crippen LogP contribution in [-0.2, 0) is 6.42 Å². The van der Waals surface area contributed by atoms with Crippen LogP contribution in [0.1, 0.15) is 5.56 Å². The van der Waals surface area contributed by atoms with Crippen molar-refractivity contribution in [3.63, 3.8) is 0 Å². The number of carbonyl (C=O) groups excluding carboxylic acids is 1. The number of fused-ring (bicyclic) bond motifs is 1. The van der Waals surface area contributed by atoms with Crippen LogP contribution in [0.5, 0.6) is 17.2 Å². The SMILES string of the molecule is COc1ccccc1NC(=O)NCCc1ccc2c(c1)OCCO2. The maximum Gasteiger partial charge on any atom is 0.319 e. The molecule has 0 atom stereocenters. The third-order valence-corrected chi connectivity index (χ3v) is 3.66. The van der Waals surface area contributed by atoms with Gasteiger partial charge in [0.2, 0.25) is 0 Å². The first-order chi connectivity index (χ1) is 11.8. The van der Waals surface area contributed by atoms with Crippen molar-refractivity contribution in [2.75, 3.05) is 32.2 Å². The summed E-state index contributed by atoms with van der Waals surface area (Å²) >= 11 is 0. The predicted octanol–water partition coefficient (Wildman–Crippen LogP) is 2.83. The van der Waals surface area contributed by atoms with Crippen LogP contribution in [0.2, 0.25) is 0 Å². The number of urea groups is 1. The van der Waals surface area contributed by atoms with Crippen molar-refractivity contribution in [3.8, 4) is 17.2 Å². The average molecular weight is 328 g/mol. The Morgan fingerprint density at radius 2 is 1.92 bits per heavy atom. The summed E-state index contributed by atoms with van der Waals surface area (Å²) < 4.78 is 16.3. The number of rotatable bonds is 5. The zero-order valence-electron chi connectivity index (χ0n) is 13.5. The molecule has 2 N–H and O–H groups in total. The average Bonchev–Trinajstić information content (AvgIpc) is 2.62. The number of nitrogens with one attached hydrogen (secondary N) is 2. The molecule has 6 nitrogen and oxygen atoms in total. The van der Waals surface area contributed by atoms with Gasteiger partial charge >= 0.3 is 6.03 Å². The molecule has 1 aliphatic heterocycles. The standard InChI is InChI=1S/C18H20N2O4/c1-22-15-5-3-2-4-14(15)20-18(21)19-9-8-13-6-7-16-17(12-13)24-11-10-23-16/h2-7,12H,8-11H2,1H3,(H2,19,20,21). The lowest BCUT2D eigenvalue weighted by Crippen LogP contribution is -2.30. The summed E-state index contributed by atoms with van der Waals surface area (Å²) in [6.45, 7) is 1.66. The second-order valence-electron chi connectivity index (χ2n) is 5.31. The molecule has 2 aromatic rings. The lowest BCUT2D eigenvalue weighted by atomic mass is 10.1. The summed E-state index contributed by atoms with van der Waals surface area (Å²) in [5.74, 6) is 2.16. The molecule has 0 unspecified atom stereocenters. The fraction of sp³-hybridized carbons (Fsp3) is 0.278. The number of hydrogen-bond acceptors (Lipinski definition) is 4. The van der Waals surface area contributed by atoms with Crippen molar-refractivity contribution in [1.82, 2.24) is 5.32 Å². The van der Waals surface area contributed by atoms with Crippen LogP contribution >= 0.6 is 0 Å². The van der Waals surface area contributed by atoms with Gasteiger partial charge in [0.1, 0.15) is 19.0 Å². The molecule has 0 saturated carbocycles. The first-order valence-corrected chi connectivity index (χ1v) is 7.82. The highest BCUT2D eigenvalue weighted by molar-refractivity contribution is 5.90. The molecule has 0 fully saturated rings. The van der Waals surface area contributed by atoms with Gasteiger partial charge in [-0.3, -0.25) is 0 Å². The first kappa shape index (κ1) is 16.0. The zero-order chi connectivity index (χ0) is 16.8. The third kappa shape index (κ3) is 3.90. The number of methoxy groups -OCH3 is 1. The molecule has 0 radical (unpaired) electrons. The van der Waals surface area contributed by atoms with Gasteiger partial charge in [-0.25, -0.2) is 4.79 Å². The van der Waals surface area contributed by atoms with Crippen LogP contribution in [0, 0.1) is 0 Å². The van der Waals surface area contributed by atoms with Crippen molar-refractivity contribution in [2.45, 2.75) is 6.42 Å². The van der Waals surface area contributed by atoms with Crippen molar-refractivity contribution in [3.05, 3.63) is 48.0 Å². The van der Waals surface area contributed by atoms with Gasteiger partial charge in [-0.05, 0) is 36.2 Å². The third-order valence-electron chi connectivity index (χ3n) is 3.66. The minimum atomic E-state index is -0.267. The lowest BCUT2D eigenvalue weighted by molar-refractivity contribution is 0.171. The number of anilines is 1. The number of carbonyl (C=O) groups is 1. The van der Waals surface area contributed by atoms with Crippen LogP contribution < -0.4 is 24.8 Å². The van der Waals surface area contributed by atoms with E-state index in [0.717, 1.165) is 17.1 Å². The Hall–Kier alpha value is -2.89. The highest BCUT2D eigenvalue weighted by Gasteiger charge is 2.12. The minimum absolute atomic E-state index is 0.267. The van der Waals surface area contributed by atoms with Crippen LogP contribution in [0.25, 0.3) is 0 Å². The predicted molar refractivity (Wildman–Crippen MR) is 91.2 cm³/mol.